The summed E-state index contributed by atoms with van der Waals surface area (Å²) in [5, 5.41) is 0. The van der Waals surface area contributed by atoms with Crippen LogP contribution in [0.2, 0.25) is 0 Å². The molecule has 1 atom stereocenters. The van der Waals surface area contributed by atoms with Gasteiger partial charge in [-0.25, -0.2) is 0 Å². The third-order valence-electron chi connectivity index (χ3n) is 2.94. The Bertz CT molecular complexity index is 362. The van der Waals surface area contributed by atoms with E-state index in [1.807, 2.05) is 18.2 Å². The highest BCUT2D eigenvalue weighted by atomic mass is 16.7. The maximum Gasteiger partial charge on any atom is 0.231 e. The van der Waals surface area contributed by atoms with Gasteiger partial charge in [0.1, 0.15) is 0 Å². The third kappa shape index (κ3) is 3.37. The maximum atomic E-state index is 5.79. The van der Waals surface area contributed by atoms with E-state index in [0.717, 1.165) is 23.5 Å². The molecule has 2 rings (SSSR count). The molecule has 1 aliphatic rings. The number of unbranched alkanes of at least 4 members (excludes halogenated alkanes) is 1. The average Bonchev–Trinajstić information content (AvgIpc) is 2.81. The normalized spacial score (nSPS) is 14.9. The summed E-state index contributed by atoms with van der Waals surface area (Å²) >= 11 is 0. The molecule has 0 radical (unpaired) electrons. The van der Waals surface area contributed by atoms with Gasteiger partial charge in [0.2, 0.25) is 6.79 Å². The Hall–Kier alpha value is -1.22. The molecule has 0 fully saturated rings. The van der Waals surface area contributed by atoms with Crippen molar-refractivity contribution >= 4 is 0 Å². The third-order valence-corrected chi connectivity index (χ3v) is 2.94. The van der Waals surface area contributed by atoms with Crippen LogP contribution in [-0.2, 0) is 11.3 Å². The lowest BCUT2D eigenvalue weighted by molar-refractivity contribution is 0.0461. The topological polar surface area (TPSA) is 27.7 Å². The summed E-state index contributed by atoms with van der Waals surface area (Å²) in [4.78, 5) is 0. The zero-order valence-corrected chi connectivity index (χ0v) is 10.6. The van der Waals surface area contributed by atoms with Crippen LogP contribution in [0, 0.1) is 0 Å². The lowest BCUT2D eigenvalue weighted by Gasteiger charge is -2.12. The summed E-state index contributed by atoms with van der Waals surface area (Å²) in [6, 6.07) is 5.96. The zero-order chi connectivity index (χ0) is 12.1. The van der Waals surface area contributed by atoms with Crippen molar-refractivity contribution in [2.45, 2.75) is 45.8 Å². The molecule has 0 aliphatic carbocycles. The van der Waals surface area contributed by atoms with Gasteiger partial charge < -0.3 is 14.2 Å². The van der Waals surface area contributed by atoms with Crippen molar-refractivity contribution in [2.75, 3.05) is 6.79 Å². The number of hydrogen-bond donors (Lipinski definition) is 0. The Balaban J connectivity index is 1.83. The van der Waals surface area contributed by atoms with Gasteiger partial charge in [-0.3, -0.25) is 0 Å². The minimum absolute atomic E-state index is 0.320. The van der Waals surface area contributed by atoms with Crippen molar-refractivity contribution in [3.63, 3.8) is 0 Å². The fourth-order valence-electron chi connectivity index (χ4n) is 1.84. The van der Waals surface area contributed by atoms with Gasteiger partial charge in [-0.05, 0) is 31.0 Å². The molecular weight excluding hydrogens is 216 g/mol. The number of fused-ring (bicyclic) bond motifs is 1. The van der Waals surface area contributed by atoms with Crippen LogP contribution >= 0.6 is 0 Å². The van der Waals surface area contributed by atoms with Crippen LogP contribution in [0.15, 0.2) is 18.2 Å². The molecule has 0 spiro atoms. The molecule has 1 heterocycles. The minimum atomic E-state index is 0.320. The quantitative estimate of drug-likeness (QED) is 0.756. The van der Waals surface area contributed by atoms with E-state index in [2.05, 4.69) is 13.8 Å². The van der Waals surface area contributed by atoms with E-state index in [9.17, 15) is 0 Å². The second-order valence-electron chi connectivity index (χ2n) is 4.45. The van der Waals surface area contributed by atoms with Gasteiger partial charge in [0.05, 0.1) is 12.7 Å². The molecule has 17 heavy (non-hydrogen) atoms. The zero-order valence-electron chi connectivity index (χ0n) is 10.6. The van der Waals surface area contributed by atoms with Gasteiger partial charge in [-0.2, -0.15) is 0 Å². The van der Waals surface area contributed by atoms with Gasteiger partial charge in [-0.1, -0.05) is 25.8 Å². The van der Waals surface area contributed by atoms with Crippen molar-refractivity contribution in [2.24, 2.45) is 0 Å². The summed E-state index contributed by atoms with van der Waals surface area (Å²) < 4.78 is 16.4. The van der Waals surface area contributed by atoms with Crippen LogP contribution in [0.3, 0.4) is 0 Å². The van der Waals surface area contributed by atoms with Gasteiger partial charge in [0.25, 0.3) is 0 Å². The van der Waals surface area contributed by atoms with Crippen molar-refractivity contribution in [3.05, 3.63) is 23.8 Å². The first-order chi connectivity index (χ1) is 8.29. The van der Waals surface area contributed by atoms with E-state index in [-0.39, 0.29) is 0 Å². The molecule has 94 valence electrons. The molecule has 0 N–H and O–H groups in total. The predicted octanol–water partition coefficient (Wildman–Crippen LogP) is 3.51. The van der Waals surface area contributed by atoms with Crippen LogP contribution in [0.1, 0.15) is 38.7 Å². The molecule has 1 unspecified atom stereocenters. The highest BCUT2D eigenvalue weighted by Crippen LogP contribution is 2.32. The Labute approximate surface area is 103 Å². The number of hydrogen-bond acceptors (Lipinski definition) is 3. The molecule has 1 aliphatic heterocycles. The van der Waals surface area contributed by atoms with E-state index >= 15 is 0 Å². The molecule has 0 saturated heterocycles. The van der Waals surface area contributed by atoms with Crippen LogP contribution in [0.25, 0.3) is 0 Å². The first-order valence-electron chi connectivity index (χ1n) is 6.29. The Morgan fingerprint density at radius 3 is 2.94 bits per heavy atom. The number of rotatable bonds is 6. The van der Waals surface area contributed by atoms with E-state index in [4.69, 9.17) is 14.2 Å². The monoisotopic (exact) mass is 236 g/mol. The fourth-order valence-corrected chi connectivity index (χ4v) is 1.84. The van der Waals surface area contributed by atoms with Crippen LogP contribution in [0.4, 0.5) is 0 Å². The van der Waals surface area contributed by atoms with Crippen LogP contribution in [0.5, 0.6) is 11.5 Å². The maximum absolute atomic E-state index is 5.79. The Morgan fingerprint density at radius 2 is 2.12 bits per heavy atom. The van der Waals surface area contributed by atoms with Crippen molar-refractivity contribution in [1.82, 2.24) is 0 Å². The standard InChI is InChI=1S/C14H20O3/c1-3-4-5-11(2)15-9-12-6-7-13-14(8-12)17-10-16-13/h6-8,11H,3-5,9-10H2,1-2H3. The largest absolute Gasteiger partial charge is 0.454 e. The van der Waals surface area contributed by atoms with Crippen molar-refractivity contribution in [3.8, 4) is 11.5 Å². The van der Waals surface area contributed by atoms with Gasteiger partial charge in [-0.15, -0.1) is 0 Å². The van der Waals surface area contributed by atoms with Crippen molar-refractivity contribution < 1.29 is 14.2 Å². The molecule has 0 bridgehead atoms. The molecular formula is C14H20O3. The highest BCUT2D eigenvalue weighted by molar-refractivity contribution is 5.44. The minimum Gasteiger partial charge on any atom is -0.454 e. The number of ether oxygens (including phenoxy) is 3. The molecule has 0 amide bonds. The number of benzene rings is 1. The lowest BCUT2D eigenvalue weighted by atomic mass is 10.2. The van der Waals surface area contributed by atoms with Gasteiger partial charge >= 0.3 is 0 Å². The van der Waals surface area contributed by atoms with E-state index in [1.165, 1.54) is 12.8 Å². The average molecular weight is 236 g/mol. The lowest BCUT2D eigenvalue weighted by Crippen LogP contribution is -2.07. The molecule has 3 nitrogen and oxygen atoms in total. The Kier molecular flexibility index (Phi) is 4.26. The second-order valence-corrected chi connectivity index (χ2v) is 4.45. The van der Waals surface area contributed by atoms with Crippen LogP contribution < -0.4 is 9.47 Å². The van der Waals surface area contributed by atoms with Gasteiger partial charge in [0.15, 0.2) is 11.5 Å². The Morgan fingerprint density at radius 1 is 1.29 bits per heavy atom. The first kappa shape index (κ1) is 12.2. The summed E-state index contributed by atoms with van der Waals surface area (Å²) in [6.45, 7) is 5.29. The predicted molar refractivity (Wildman–Crippen MR) is 66.3 cm³/mol. The summed E-state index contributed by atoms with van der Waals surface area (Å²) in [6.07, 6.45) is 3.89. The van der Waals surface area contributed by atoms with E-state index in [1.54, 1.807) is 0 Å². The SMILES string of the molecule is CCCCC(C)OCc1ccc2c(c1)OCO2. The van der Waals surface area contributed by atoms with E-state index in [0.29, 0.717) is 19.5 Å². The highest BCUT2D eigenvalue weighted by Gasteiger charge is 2.13. The first-order valence-corrected chi connectivity index (χ1v) is 6.29. The fraction of sp³-hybridized carbons (Fsp3) is 0.571. The molecule has 3 heteroatoms. The summed E-state index contributed by atoms with van der Waals surface area (Å²) in [7, 11) is 0. The molecule has 0 aromatic heterocycles. The molecule has 1 aromatic rings. The second kappa shape index (κ2) is 5.92. The van der Waals surface area contributed by atoms with Gasteiger partial charge in [0, 0.05) is 0 Å². The van der Waals surface area contributed by atoms with Crippen LogP contribution in [-0.4, -0.2) is 12.9 Å². The summed E-state index contributed by atoms with van der Waals surface area (Å²) in [5.74, 6) is 1.65. The molecule has 1 aromatic carbocycles. The smallest absolute Gasteiger partial charge is 0.231 e. The summed E-state index contributed by atoms with van der Waals surface area (Å²) in [5.41, 5.74) is 1.14. The molecule has 0 saturated carbocycles. The van der Waals surface area contributed by atoms with Crippen molar-refractivity contribution in [1.29, 1.82) is 0 Å². The van der Waals surface area contributed by atoms with E-state index < -0.39 is 0 Å².